The highest BCUT2D eigenvalue weighted by molar-refractivity contribution is 5.43. The van der Waals surface area contributed by atoms with Crippen LogP contribution in [0.4, 0.5) is 4.39 Å². The van der Waals surface area contributed by atoms with E-state index in [1.54, 1.807) is 6.07 Å². The molecule has 0 fully saturated rings. The number of phenolic OH excluding ortho intramolecular Hbond substituents is 1. The van der Waals surface area contributed by atoms with Gasteiger partial charge in [-0.2, -0.15) is 0 Å². The number of aromatic hydroxyl groups is 1. The average Bonchev–Trinajstić information content (AvgIpc) is 2.29. The van der Waals surface area contributed by atoms with Crippen molar-refractivity contribution in [3.8, 4) is 11.5 Å². The second-order valence-electron chi connectivity index (χ2n) is 3.05. The van der Waals surface area contributed by atoms with Crippen molar-refractivity contribution >= 4 is 0 Å². The van der Waals surface area contributed by atoms with Gasteiger partial charge < -0.3 is 9.84 Å². The summed E-state index contributed by atoms with van der Waals surface area (Å²) in [6.45, 7) is 1.87. The molecule has 64 valence electrons. The first-order valence-corrected chi connectivity index (χ1v) is 3.85. The van der Waals surface area contributed by atoms with Crippen LogP contribution in [-0.4, -0.2) is 11.2 Å². The summed E-state index contributed by atoms with van der Waals surface area (Å²) < 4.78 is 18.2. The van der Waals surface area contributed by atoms with Gasteiger partial charge >= 0.3 is 0 Å². The highest BCUT2D eigenvalue weighted by atomic mass is 19.1. The van der Waals surface area contributed by atoms with Crippen molar-refractivity contribution in [3.63, 3.8) is 0 Å². The van der Waals surface area contributed by atoms with Crippen LogP contribution in [0.25, 0.3) is 0 Å². The van der Waals surface area contributed by atoms with Gasteiger partial charge in [0.1, 0.15) is 11.9 Å². The average molecular weight is 168 g/mol. The lowest BCUT2D eigenvalue weighted by Gasteiger charge is -2.03. The van der Waals surface area contributed by atoms with E-state index in [1.165, 1.54) is 0 Å². The number of rotatable bonds is 0. The minimum Gasteiger partial charge on any atom is -0.508 e. The maximum absolute atomic E-state index is 13.0. The molecule has 1 aliphatic heterocycles. The van der Waals surface area contributed by atoms with Gasteiger partial charge in [0.2, 0.25) is 0 Å². The molecular formula is C9H9FO2. The lowest BCUT2D eigenvalue weighted by Crippen LogP contribution is -2.05. The molecule has 2 nitrogen and oxygen atoms in total. The second-order valence-corrected chi connectivity index (χ2v) is 3.05. The van der Waals surface area contributed by atoms with E-state index in [2.05, 4.69) is 0 Å². The smallest absolute Gasteiger partial charge is 0.169 e. The maximum atomic E-state index is 13.0. The minimum atomic E-state index is -0.477. The van der Waals surface area contributed by atoms with Crippen molar-refractivity contribution in [1.82, 2.24) is 0 Å². The number of ether oxygens (including phenoxy) is 1. The molecule has 0 aromatic heterocycles. The van der Waals surface area contributed by atoms with Crippen LogP contribution >= 0.6 is 0 Å². The van der Waals surface area contributed by atoms with E-state index in [9.17, 15) is 4.39 Å². The fraction of sp³-hybridized carbons (Fsp3) is 0.333. The molecule has 1 unspecified atom stereocenters. The van der Waals surface area contributed by atoms with Crippen LogP contribution in [-0.2, 0) is 6.42 Å². The van der Waals surface area contributed by atoms with Gasteiger partial charge in [0.15, 0.2) is 11.6 Å². The molecule has 1 N–H and O–H groups in total. The van der Waals surface area contributed by atoms with Crippen LogP contribution in [0, 0.1) is 5.82 Å². The Morgan fingerprint density at radius 1 is 1.58 bits per heavy atom. The molecule has 1 aromatic carbocycles. The molecule has 1 heterocycles. The fourth-order valence-corrected chi connectivity index (χ4v) is 1.47. The van der Waals surface area contributed by atoms with Crippen molar-refractivity contribution < 1.29 is 14.2 Å². The predicted octanol–water partition coefficient (Wildman–Crippen LogP) is 1.85. The zero-order valence-electron chi connectivity index (χ0n) is 6.67. The van der Waals surface area contributed by atoms with E-state index in [-0.39, 0.29) is 11.9 Å². The molecule has 3 heteroatoms. The normalized spacial score (nSPS) is 20.3. The van der Waals surface area contributed by atoms with E-state index < -0.39 is 5.82 Å². The third-order valence-corrected chi connectivity index (χ3v) is 1.93. The minimum absolute atomic E-state index is 0.0105. The van der Waals surface area contributed by atoms with Gasteiger partial charge in [-0.15, -0.1) is 0 Å². The summed E-state index contributed by atoms with van der Waals surface area (Å²) >= 11 is 0. The molecule has 0 saturated carbocycles. The van der Waals surface area contributed by atoms with Crippen molar-refractivity contribution in [3.05, 3.63) is 23.5 Å². The molecule has 1 aromatic rings. The fourth-order valence-electron chi connectivity index (χ4n) is 1.47. The zero-order valence-corrected chi connectivity index (χ0v) is 6.67. The van der Waals surface area contributed by atoms with Crippen molar-refractivity contribution in [2.24, 2.45) is 0 Å². The highest BCUT2D eigenvalue weighted by Crippen LogP contribution is 2.34. The Morgan fingerprint density at radius 3 is 3.08 bits per heavy atom. The second kappa shape index (κ2) is 2.37. The van der Waals surface area contributed by atoms with Gasteiger partial charge in [-0.1, -0.05) is 0 Å². The van der Waals surface area contributed by atoms with Crippen LogP contribution in [0.3, 0.4) is 0 Å². The molecule has 0 aliphatic carbocycles. The molecular weight excluding hydrogens is 159 g/mol. The van der Waals surface area contributed by atoms with Crippen LogP contribution in [0.2, 0.25) is 0 Å². The van der Waals surface area contributed by atoms with Gasteiger partial charge in [-0.3, -0.25) is 0 Å². The van der Waals surface area contributed by atoms with Gasteiger partial charge in [0.05, 0.1) is 0 Å². The molecule has 0 saturated heterocycles. The van der Waals surface area contributed by atoms with Crippen LogP contribution < -0.4 is 4.74 Å². The number of halogens is 1. The number of fused-ring (bicyclic) bond motifs is 1. The van der Waals surface area contributed by atoms with Crippen LogP contribution in [0.15, 0.2) is 12.1 Å². The SMILES string of the molecule is CC1Cc2cc(O)cc(F)c2O1. The Kier molecular flexibility index (Phi) is 1.46. The predicted molar refractivity (Wildman–Crippen MR) is 41.9 cm³/mol. The highest BCUT2D eigenvalue weighted by Gasteiger charge is 2.23. The zero-order chi connectivity index (χ0) is 8.72. The lowest BCUT2D eigenvalue weighted by molar-refractivity contribution is 0.244. The first-order chi connectivity index (χ1) is 5.66. The quantitative estimate of drug-likeness (QED) is 0.640. The third kappa shape index (κ3) is 1.02. The molecule has 0 amide bonds. The molecule has 2 rings (SSSR count). The Labute approximate surface area is 69.6 Å². The van der Waals surface area contributed by atoms with Gasteiger partial charge in [0, 0.05) is 18.1 Å². The molecule has 1 aliphatic rings. The van der Waals surface area contributed by atoms with Crippen molar-refractivity contribution in [1.29, 1.82) is 0 Å². The van der Waals surface area contributed by atoms with Crippen molar-refractivity contribution in [2.45, 2.75) is 19.4 Å². The van der Waals surface area contributed by atoms with Crippen molar-refractivity contribution in [2.75, 3.05) is 0 Å². The van der Waals surface area contributed by atoms with Crippen LogP contribution in [0.1, 0.15) is 12.5 Å². The van der Waals surface area contributed by atoms with Gasteiger partial charge in [-0.25, -0.2) is 4.39 Å². The largest absolute Gasteiger partial charge is 0.508 e. The topological polar surface area (TPSA) is 29.5 Å². The number of benzene rings is 1. The summed E-state index contributed by atoms with van der Waals surface area (Å²) in [4.78, 5) is 0. The third-order valence-electron chi connectivity index (χ3n) is 1.93. The summed E-state index contributed by atoms with van der Waals surface area (Å²) in [7, 11) is 0. The molecule has 12 heavy (non-hydrogen) atoms. The van der Waals surface area contributed by atoms with E-state index in [0.717, 1.165) is 11.6 Å². The van der Waals surface area contributed by atoms with E-state index in [4.69, 9.17) is 9.84 Å². The van der Waals surface area contributed by atoms with E-state index in [1.807, 2.05) is 6.92 Å². The summed E-state index contributed by atoms with van der Waals surface area (Å²) in [5.41, 5.74) is 0.750. The Morgan fingerprint density at radius 2 is 2.33 bits per heavy atom. The van der Waals surface area contributed by atoms with Gasteiger partial charge in [-0.05, 0) is 13.0 Å². The van der Waals surface area contributed by atoms with E-state index >= 15 is 0 Å². The Bertz CT molecular complexity index is 323. The Hall–Kier alpha value is -1.25. The standard InChI is InChI=1S/C9H9FO2/c1-5-2-6-3-7(11)4-8(10)9(6)12-5/h3-5,11H,2H2,1H3. The molecule has 1 atom stereocenters. The number of hydrogen-bond donors (Lipinski definition) is 1. The molecule has 0 spiro atoms. The summed E-state index contributed by atoms with van der Waals surface area (Å²) in [5, 5.41) is 9.07. The summed E-state index contributed by atoms with van der Waals surface area (Å²) in [6, 6.07) is 2.61. The Balaban J connectivity index is 2.52. The van der Waals surface area contributed by atoms with Gasteiger partial charge in [0.25, 0.3) is 0 Å². The number of phenols is 1. The maximum Gasteiger partial charge on any atom is 0.169 e. The summed E-state index contributed by atoms with van der Waals surface area (Å²) in [5.74, 6) is -0.224. The molecule has 0 radical (unpaired) electrons. The molecule has 0 bridgehead atoms. The monoisotopic (exact) mass is 168 g/mol. The van der Waals surface area contributed by atoms with Crippen LogP contribution in [0.5, 0.6) is 11.5 Å². The number of hydrogen-bond acceptors (Lipinski definition) is 2. The first-order valence-electron chi connectivity index (χ1n) is 3.85. The lowest BCUT2D eigenvalue weighted by atomic mass is 10.1. The first kappa shape index (κ1) is 7.40. The van der Waals surface area contributed by atoms with E-state index in [0.29, 0.717) is 12.2 Å². The summed E-state index contributed by atoms with van der Waals surface area (Å²) in [6.07, 6.45) is 0.678.